The van der Waals surface area contributed by atoms with Crippen LogP contribution in [0.3, 0.4) is 0 Å². The van der Waals surface area contributed by atoms with Crippen LogP contribution in [-0.4, -0.2) is 45.4 Å². The van der Waals surface area contributed by atoms with Gasteiger partial charge in [0.1, 0.15) is 0 Å². The summed E-state index contributed by atoms with van der Waals surface area (Å²) in [6.45, 7) is 12.5. The molecule has 0 unspecified atom stereocenters. The molecule has 0 saturated heterocycles. The molecule has 0 fully saturated rings. The summed E-state index contributed by atoms with van der Waals surface area (Å²) in [5.41, 5.74) is 0. The molecule has 0 aliphatic carbocycles. The summed E-state index contributed by atoms with van der Waals surface area (Å²) >= 11 is 3.36. The van der Waals surface area contributed by atoms with Gasteiger partial charge in [-0.25, -0.2) is 0 Å². The van der Waals surface area contributed by atoms with E-state index < -0.39 is 13.1 Å². The third-order valence-electron chi connectivity index (χ3n) is 3.06. The predicted octanol–water partition coefficient (Wildman–Crippen LogP) is 3.88. The lowest BCUT2D eigenvalue weighted by atomic mass is 10.2. The molecule has 23 heavy (non-hydrogen) atoms. The Morgan fingerprint density at radius 3 is 1.78 bits per heavy atom. The van der Waals surface area contributed by atoms with Gasteiger partial charge in [-0.15, -0.1) is 0 Å². The first-order valence-corrected chi connectivity index (χ1v) is 11.4. The Hall–Kier alpha value is 0.0469. The van der Waals surface area contributed by atoms with E-state index in [4.69, 9.17) is 13.3 Å². The number of halogens is 1. The van der Waals surface area contributed by atoms with Crippen LogP contribution in [0.25, 0.3) is 0 Å². The molecule has 0 heterocycles. The normalized spacial score (nSPS) is 12.4. The third kappa shape index (κ3) is 10.5. The zero-order valence-corrected chi connectivity index (χ0v) is 18.0. The molecule has 0 saturated carbocycles. The largest absolute Gasteiger partial charge is 0.501 e. The van der Waals surface area contributed by atoms with Crippen LogP contribution in [0, 0.1) is 0 Å². The molecule has 5 nitrogen and oxygen atoms in total. The molecule has 0 aliphatic heterocycles. The topological polar surface area (TPSA) is 56.8 Å². The van der Waals surface area contributed by atoms with Crippen LogP contribution in [0.1, 0.15) is 60.3 Å². The zero-order valence-electron chi connectivity index (χ0n) is 15.4. The molecule has 0 bridgehead atoms. The van der Waals surface area contributed by atoms with Crippen LogP contribution in [0.4, 0.5) is 0 Å². The number of hydrogen-bond donors (Lipinski definition) is 1. The number of nitrogens with one attached hydrogen (secondary N) is 1. The highest BCUT2D eigenvalue weighted by atomic mass is 79.9. The van der Waals surface area contributed by atoms with Gasteiger partial charge in [0.25, 0.3) is 0 Å². The monoisotopic (exact) mass is 411 g/mol. The smallest absolute Gasteiger partial charge is 0.373 e. The van der Waals surface area contributed by atoms with Crippen molar-refractivity contribution in [1.29, 1.82) is 0 Å². The quantitative estimate of drug-likeness (QED) is 0.267. The van der Waals surface area contributed by atoms with E-state index in [1.165, 1.54) is 0 Å². The molecule has 0 spiro atoms. The van der Waals surface area contributed by atoms with Crippen molar-refractivity contribution >= 4 is 30.6 Å². The minimum atomic E-state index is -2.64. The lowest BCUT2D eigenvalue weighted by Crippen LogP contribution is -2.47. The molecule has 0 rings (SSSR count). The molecule has 138 valence electrons. The first kappa shape index (κ1) is 23.0. The van der Waals surface area contributed by atoms with Crippen LogP contribution >= 0.6 is 15.9 Å². The zero-order chi connectivity index (χ0) is 17.8. The highest BCUT2D eigenvalue weighted by Gasteiger charge is 2.40. The molecule has 0 aliphatic rings. The van der Waals surface area contributed by atoms with Crippen molar-refractivity contribution in [3.05, 3.63) is 0 Å². The fraction of sp³-hybridized carbons (Fsp3) is 0.938. The number of alkyl halides is 1. The highest BCUT2D eigenvalue weighted by molar-refractivity contribution is 9.10. The number of hydrogen-bond acceptors (Lipinski definition) is 4. The predicted molar refractivity (Wildman–Crippen MR) is 99.9 cm³/mol. The molecule has 0 aromatic rings. The second-order valence-electron chi connectivity index (χ2n) is 6.06. The maximum Gasteiger partial charge on any atom is 0.501 e. The number of amides is 1. The summed E-state index contributed by atoms with van der Waals surface area (Å²) in [6, 6.07) is 0.732. The van der Waals surface area contributed by atoms with Crippen molar-refractivity contribution in [3.63, 3.8) is 0 Å². The molecule has 1 amide bonds. The minimum Gasteiger partial charge on any atom is -0.373 e. The average Bonchev–Trinajstić information content (AvgIpc) is 2.51. The van der Waals surface area contributed by atoms with Crippen LogP contribution in [0.5, 0.6) is 0 Å². The van der Waals surface area contributed by atoms with Gasteiger partial charge in [0.2, 0.25) is 5.91 Å². The van der Waals surface area contributed by atoms with Gasteiger partial charge in [0.15, 0.2) is 0 Å². The van der Waals surface area contributed by atoms with Crippen LogP contribution < -0.4 is 5.32 Å². The maximum absolute atomic E-state index is 11.9. The van der Waals surface area contributed by atoms with Crippen molar-refractivity contribution in [2.45, 2.75) is 70.7 Å². The highest BCUT2D eigenvalue weighted by Crippen LogP contribution is 2.20. The van der Waals surface area contributed by atoms with Crippen molar-refractivity contribution in [2.75, 3.05) is 26.4 Å². The van der Waals surface area contributed by atoms with Gasteiger partial charge in [-0.1, -0.05) is 36.7 Å². The van der Waals surface area contributed by atoms with Crippen LogP contribution in [-0.2, 0) is 18.1 Å². The van der Waals surface area contributed by atoms with E-state index in [1.54, 1.807) is 0 Å². The first-order chi connectivity index (χ1) is 10.8. The number of carbonyl (C=O) groups is 1. The molecule has 1 N–H and O–H groups in total. The van der Waals surface area contributed by atoms with E-state index in [1.807, 2.05) is 13.8 Å². The van der Waals surface area contributed by atoms with Crippen LogP contribution in [0.15, 0.2) is 0 Å². The Labute approximate surface area is 151 Å². The molecular formula is C16H34BrNO4Si. The van der Waals surface area contributed by atoms with E-state index in [2.05, 4.69) is 42.0 Å². The second kappa shape index (κ2) is 12.4. The van der Waals surface area contributed by atoms with Gasteiger partial charge in [0, 0.05) is 32.4 Å². The molecule has 7 heteroatoms. The Morgan fingerprint density at radius 1 is 1.00 bits per heavy atom. The fourth-order valence-corrected chi connectivity index (χ4v) is 4.81. The standard InChI is InChI=1S/C16H34BrNO4Si/c1-6-11-20-23(21-12-7-2,22-13-8-3)14-9-10-18-15(19)16(4,5)17/h6-14H2,1-5H3,(H,18,19). The maximum atomic E-state index is 11.9. The van der Waals surface area contributed by atoms with Crippen LogP contribution in [0.2, 0.25) is 6.04 Å². The Bertz CT molecular complexity index is 302. The van der Waals surface area contributed by atoms with Gasteiger partial charge >= 0.3 is 8.80 Å². The van der Waals surface area contributed by atoms with Gasteiger partial charge in [-0.05, 0) is 39.5 Å². The molecule has 0 aromatic carbocycles. The summed E-state index contributed by atoms with van der Waals surface area (Å²) in [7, 11) is -2.64. The summed E-state index contributed by atoms with van der Waals surface area (Å²) < 4.78 is 17.5. The van der Waals surface area contributed by atoms with Gasteiger partial charge in [-0.3, -0.25) is 4.79 Å². The summed E-state index contributed by atoms with van der Waals surface area (Å²) in [5, 5.41) is 2.93. The fourth-order valence-electron chi connectivity index (χ4n) is 1.83. The lowest BCUT2D eigenvalue weighted by Gasteiger charge is -2.29. The Morgan fingerprint density at radius 2 is 1.43 bits per heavy atom. The van der Waals surface area contributed by atoms with E-state index in [-0.39, 0.29) is 5.91 Å². The van der Waals surface area contributed by atoms with E-state index >= 15 is 0 Å². The Balaban J connectivity index is 4.54. The van der Waals surface area contributed by atoms with Crippen molar-refractivity contribution < 1.29 is 18.1 Å². The van der Waals surface area contributed by atoms with Crippen molar-refractivity contribution in [2.24, 2.45) is 0 Å². The number of rotatable bonds is 14. The summed E-state index contributed by atoms with van der Waals surface area (Å²) in [5.74, 6) is -0.0109. The van der Waals surface area contributed by atoms with Crippen molar-refractivity contribution in [3.8, 4) is 0 Å². The van der Waals surface area contributed by atoms with Gasteiger partial charge < -0.3 is 18.6 Å². The van der Waals surface area contributed by atoms with Gasteiger partial charge in [0.05, 0.1) is 4.32 Å². The Kier molecular flexibility index (Phi) is 12.4. The van der Waals surface area contributed by atoms with E-state index in [9.17, 15) is 4.79 Å². The molecule has 0 aromatic heterocycles. The molecule has 0 radical (unpaired) electrons. The lowest BCUT2D eigenvalue weighted by molar-refractivity contribution is -0.122. The summed E-state index contributed by atoms with van der Waals surface area (Å²) in [4.78, 5) is 11.9. The SMILES string of the molecule is CCCO[Si](CCCNC(=O)C(C)(C)Br)(OCCC)OCCC. The first-order valence-electron chi connectivity index (χ1n) is 8.70. The molecule has 0 atom stereocenters. The van der Waals surface area contributed by atoms with E-state index in [0.29, 0.717) is 26.4 Å². The number of carbonyl (C=O) groups excluding carboxylic acids is 1. The summed E-state index contributed by atoms with van der Waals surface area (Å²) in [6.07, 6.45) is 3.61. The van der Waals surface area contributed by atoms with Gasteiger partial charge in [-0.2, -0.15) is 0 Å². The van der Waals surface area contributed by atoms with Crippen molar-refractivity contribution in [1.82, 2.24) is 5.32 Å². The third-order valence-corrected chi connectivity index (χ3v) is 6.32. The minimum absolute atomic E-state index is 0.0109. The molecular weight excluding hydrogens is 378 g/mol. The average molecular weight is 412 g/mol. The van der Waals surface area contributed by atoms with E-state index in [0.717, 1.165) is 31.7 Å². The second-order valence-corrected chi connectivity index (χ2v) is 10.8.